The predicted molar refractivity (Wildman–Crippen MR) is 64.6 cm³/mol. The minimum Gasteiger partial charge on any atom is -0.369 e. The number of nitrogens with two attached hydrogens (primary N) is 1. The number of nitrogens with one attached hydrogen (secondary N) is 1. The van der Waals surface area contributed by atoms with Gasteiger partial charge >= 0.3 is 0 Å². The van der Waals surface area contributed by atoms with Crippen LogP contribution in [0.1, 0.15) is 25.7 Å². The molecular weight excluding hydrogens is 256 g/mol. The maximum Gasteiger partial charge on any atom is 0.221 e. The van der Waals surface area contributed by atoms with Gasteiger partial charge < -0.3 is 11.1 Å². The van der Waals surface area contributed by atoms with Crippen molar-refractivity contribution in [2.75, 3.05) is 17.6 Å². The number of halogens is 1. The molecule has 1 aliphatic carbocycles. The second-order valence-corrected chi connectivity index (χ2v) is 4.81. The summed E-state index contributed by atoms with van der Waals surface area (Å²) >= 11 is 3.40. The van der Waals surface area contributed by atoms with Gasteiger partial charge in [0.1, 0.15) is 5.82 Å². The molecule has 0 radical (unpaired) electrons. The lowest BCUT2D eigenvalue weighted by molar-refractivity contribution is 0.578. The molecule has 0 aliphatic heterocycles. The van der Waals surface area contributed by atoms with E-state index in [0.717, 1.165) is 22.8 Å². The van der Waals surface area contributed by atoms with Crippen molar-refractivity contribution in [3.8, 4) is 0 Å². The molecule has 0 saturated heterocycles. The lowest BCUT2D eigenvalue weighted by Crippen LogP contribution is -2.13. The van der Waals surface area contributed by atoms with Crippen LogP contribution in [0.25, 0.3) is 0 Å². The fourth-order valence-electron chi connectivity index (χ4n) is 1.96. The van der Waals surface area contributed by atoms with Crippen LogP contribution in [0, 0.1) is 5.92 Å². The van der Waals surface area contributed by atoms with E-state index in [2.05, 4.69) is 31.2 Å². The van der Waals surface area contributed by atoms with Crippen LogP contribution in [0.5, 0.6) is 0 Å². The standard InChI is InChI=1S/C10H15BrN4/c11-8-6-14-10(12)15-9(8)13-5-7-3-1-2-4-7/h6-7H,1-5H2,(H3,12,13,14,15). The molecule has 2 rings (SSSR count). The highest BCUT2D eigenvalue weighted by molar-refractivity contribution is 9.10. The van der Waals surface area contributed by atoms with Crippen molar-refractivity contribution >= 4 is 27.7 Å². The molecule has 0 atom stereocenters. The average molecular weight is 271 g/mol. The fourth-order valence-corrected chi connectivity index (χ4v) is 2.29. The molecule has 0 amide bonds. The van der Waals surface area contributed by atoms with Gasteiger partial charge in [-0.05, 0) is 34.7 Å². The van der Waals surface area contributed by atoms with E-state index in [-0.39, 0.29) is 0 Å². The van der Waals surface area contributed by atoms with Gasteiger partial charge in [0.2, 0.25) is 5.95 Å². The van der Waals surface area contributed by atoms with Crippen molar-refractivity contribution in [1.82, 2.24) is 9.97 Å². The van der Waals surface area contributed by atoms with Crippen molar-refractivity contribution in [2.24, 2.45) is 5.92 Å². The van der Waals surface area contributed by atoms with Crippen LogP contribution in [0.15, 0.2) is 10.7 Å². The highest BCUT2D eigenvalue weighted by Crippen LogP contribution is 2.26. The van der Waals surface area contributed by atoms with E-state index in [1.54, 1.807) is 6.20 Å². The van der Waals surface area contributed by atoms with E-state index in [0.29, 0.717) is 5.95 Å². The molecule has 0 unspecified atom stereocenters. The predicted octanol–water partition coefficient (Wildman–Crippen LogP) is 2.42. The summed E-state index contributed by atoms with van der Waals surface area (Å²) in [6, 6.07) is 0. The summed E-state index contributed by atoms with van der Waals surface area (Å²) in [5.41, 5.74) is 5.53. The third-order valence-corrected chi connectivity index (χ3v) is 3.38. The Labute approximate surface area is 97.8 Å². The van der Waals surface area contributed by atoms with Crippen molar-refractivity contribution in [3.05, 3.63) is 10.7 Å². The first-order valence-corrected chi connectivity index (χ1v) is 6.07. The summed E-state index contributed by atoms with van der Waals surface area (Å²) < 4.78 is 0.870. The van der Waals surface area contributed by atoms with E-state index in [4.69, 9.17) is 5.73 Å². The molecule has 1 fully saturated rings. The van der Waals surface area contributed by atoms with Crippen LogP contribution in [-0.2, 0) is 0 Å². The number of anilines is 2. The summed E-state index contributed by atoms with van der Waals surface area (Å²) in [7, 11) is 0. The summed E-state index contributed by atoms with van der Waals surface area (Å²) in [5, 5.41) is 3.32. The number of aromatic nitrogens is 2. The van der Waals surface area contributed by atoms with Crippen molar-refractivity contribution in [2.45, 2.75) is 25.7 Å². The smallest absolute Gasteiger partial charge is 0.221 e. The zero-order valence-corrected chi connectivity index (χ0v) is 10.1. The Morgan fingerprint density at radius 1 is 1.47 bits per heavy atom. The van der Waals surface area contributed by atoms with Crippen LogP contribution in [0.3, 0.4) is 0 Å². The molecule has 5 heteroatoms. The Hall–Kier alpha value is -0.840. The quantitative estimate of drug-likeness (QED) is 0.886. The number of rotatable bonds is 3. The van der Waals surface area contributed by atoms with Crippen LogP contribution in [0.2, 0.25) is 0 Å². The van der Waals surface area contributed by atoms with Crippen LogP contribution in [-0.4, -0.2) is 16.5 Å². The summed E-state index contributed by atoms with van der Waals surface area (Å²) in [5.74, 6) is 1.90. The molecule has 0 spiro atoms. The molecule has 4 nitrogen and oxygen atoms in total. The van der Waals surface area contributed by atoms with Gasteiger partial charge in [-0.3, -0.25) is 0 Å². The molecule has 3 N–H and O–H groups in total. The SMILES string of the molecule is Nc1ncc(Br)c(NCC2CCCC2)n1. The molecule has 15 heavy (non-hydrogen) atoms. The van der Waals surface area contributed by atoms with Crippen molar-refractivity contribution in [1.29, 1.82) is 0 Å². The molecular formula is C10H15BrN4. The second-order valence-electron chi connectivity index (χ2n) is 3.96. The van der Waals surface area contributed by atoms with Crippen molar-refractivity contribution in [3.63, 3.8) is 0 Å². The van der Waals surface area contributed by atoms with Gasteiger partial charge in [-0.2, -0.15) is 4.98 Å². The molecule has 1 aromatic rings. The second kappa shape index (κ2) is 4.79. The number of hydrogen-bond acceptors (Lipinski definition) is 4. The summed E-state index contributed by atoms with van der Waals surface area (Å²) in [6.45, 7) is 0.981. The van der Waals surface area contributed by atoms with E-state index in [1.165, 1.54) is 25.7 Å². The van der Waals surface area contributed by atoms with Crippen molar-refractivity contribution < 1.29 is 0 Å². The zero-order chi connectivity index (χ0) is 10.7. The first-order valence-electron chi connectivity index (χ1n) is 5.27. The number of nitrogens with zero attached hydrogens (tertiary/aromatic N) is 2. The maximum atomic E-state index is 5.53. The Morgan fingerprint density at radius 3 is 2.93 bits per heavy atom. The first kappa shape index (κ1) is 10.7. The minimum atomic E-state index is 0.312. The van der Waals surface area contributed by atoms with E-state index < -0.39 is 0 Å². The third-order valence-electron chi connectivity index (χ3n) is 2.80. The monoisotopic (exact) mass is 270 g/mol. The van der Waals surface area contributed by atoms with Crippen LogP contribution in [0.4, 0.5) is 11.8 Å². The maximum absolute atomic E-state index is 5.53. The Morgan fingerprint density at radius 2 is 2.20 bits per heavy atom. The van der Waals surface area contributed by atoms with Gasteiger partial charge in [0.25, 0.3) is 0 Å². The lowest BCUT2D eigenvalue weighted by Gasteiger charge is -2.12. The van der Waals surface area contributed by atoms with Gasteiger partial charge in [-0.15, -0.1) is 0 Å². The summed E-state index contributed by atoms with van der Waals surface area (Å²) in [6.07, 6.45) is 7.05. The minimum absolute atomic E-state index is 0.312. The van der Waals surface area contributed by atoms with Gasteiger partial charge in [-0.25, -0.2) is 4.98 Å². The third kappa shape index (κ3) is 2.81. The topological polar surface area (TPSA) is 63.8 Å². The normalized spacial score (nSPS) is 16.9. The number of hydrogen-bond donors (Lipinski definition) is 2. The van der Waals surface area contributed by atoms with Gasteiger partial charge in [0.05, 0.1) is 4.47 Å². The Balaban J connectivity index is 1.94. The molecule has 0 aromatic carbocycles. The molecule has 1 aromatic heterocycles. The van der Waals surface area contributed by atoms with E-state index in [9.17, 15) is 0 Å². The average Bonchev–Trinajstić information content (AvgIpc) is 2.72. The molecule has 82 valence electrons. The number of nitrogen functional groups attached to an aromatic ring is 1. The highest BCUT2D eigenvalue weighted by Gasteiger charge is 2.15. The van der Waals surface area contributed by atoms with E-state index >= 15 is 0 Å². The Kier molecular flexibility index (Phi) is 3.41. The molecule has 1 saturated carbocycles. The lowest BCUT2D eigenvalue weighted by atomic mass is 10.1. The van der Waals surface area contributed by atoms with Gasteiger partial charge in [0.15, 0.2) is 0 Å². The fraction of sp³-hybridized carbons (Fsp3) is 0.600. The van der Waals surface area contributed by atoms with Crippen LogP contribution >= 0.6 is 15.9 Å². The first-order chi connectivity index (χ1) is 7.25. The van der Waals surface area contributed by atoms with Gasteiger partial charge in [-0.1, -0.05) is 12.8 Å². The molecule has 1 aliphatic rings. The molecule has 1 heterocycles. The molecule has 0 bridgehead atoms. The van der Waals surface area contributed by atoms with E-state index in [1.807, 2.05) is 0 Å². The zero-order valence-electron chi connectivity index (χ0n) is 8.54. The summed E-state index contributed by atoms with van der Waals surface area (Å²) in [4.78, 5) is 8.04. The van der Waals surface area contributed by atoms with Crippen LogP contribution < -0.4 is 11.1 Å². The highest BCUT2D eigenvalue weighted by atomic mass is 79.9. The van der Waals surface area contributed by atoms with Gasteiger partial charge in [0, 0.05) is 12.7 Å². The Bertz CT molecular complexity index is 336. The largest absolute Gasteiger partial charge is 0.369 e.